The molecule has 0 aromatic carbocycles. The van der Waals surface area contributed by atoms with E-state index in [1.807, 2.05) is 0 Å². The van der Waals surface area contributed by atoms with E-state index in [-0.39, 0.29) is 0 Å². The highest BCUT2D eigenvalue weighted by Crippen LogP contribution is 2.34. The molecule has 1 atom stereocenters. The third-order valence-corrected chi connectivity index (χ3v) is 3.29. The SMILES string of the molecule is O=C1NC(=O)C2C(=O)N=C3CCCCC3=C12. The number of fused-ring (bicyclic) bond motifs is 2. The summed E-state index contributed by atoms with van der Waals surface area (Å²) in [5.74, 6) is -2.39. The van der Waals surface area contributed by atoms with Gasteiger partial charge in [0.25, 0.3) is 11.8 Å². The zero-order valence-corrected chi connectivity index (χ0v) is 8.58. The highest BCUT2D eigenvalue weighted by Gasteiger charge is 2.46. The standard InChI is InChI=1S/C11H10N2O3/c14-9-7-5-3-1-2-4-6(5)12-10(15)8(7)11(16)13-9/h8H,1-4H2,(H,13,14,16). The van der Waals surface area contributed by atoms with Crippen molar-refractivity contribution < 1.29 is 14.4 Å². The van der Waals surface area contributed by atoms with Crippen LogP contribution in [0.15, 0.2) is 16.1 Å². The summed E-state index contributed by atoms with van der Waals surface area (Å²) in [7, 11) is 0. The molecular formula is C11H10N2O3. The number of hydrogen-bond acceptors (Lipinski definition) is 3. The summed E-state index contributed by atoms with van der Waals surface area (Å²) in [4.78, 5) is 38.7. The van der Waals surface area contributed by atoms with Gasteiger partial charge in [0.2, 0.25) is 5.91 Å². The molecule has 5 heteroatoms. The number of nitrogens with one attached hydrogen (secondary N) is 1. The average molecular weight is 218 g/mol. The van der Waals surface area contributed by atoms with Crippen LogP contribution in [0.25, 0.3) is 0 Å². The van der Waals surface area contributed by atoms with Crippen molar-refractivity contribution in [2.75, 3.05) is 0 Å². The van der Waals surface area contributed by atoms with Crippen LogP contribution in [-0.2, 0) is 14.4 Å². The Hall–Kier alpha value is -1.78. The number of hydrogen-bond donors (Lipinski definition) is 1. The summed E-state index contributed by atoms with van der Waals surface area (Å²) in [5.41, 5.74) is 1.91. The number of aliphatic imine (C=N–C) groups is 1. The van der Waals surface area contributed by atoms with E-state index in [2.05, 4.69) is 10.3 Å². The highest BCUT2D eigenvalue weighted by molar-refractivity contribution is 6.29. The van der Waals surface area contributed by atoms with E-state index >= 15 is 0 Å². The fourth-order valence-corrected chi connectivity index (χ4v) is 2.56. The molecule has 16 heavy (non-hydrogen) atoms. The van der Waals surface area contributed by atoms with E-state index < -0.39 is 23.6 Å². The maximum atomic E-state index is 11.7. The molecule has 2 aliphatic heterocycles. The highest BCUT2D eigenvalue weighted by atomic mass is 16.2. The maximum Gasteiger partial charge on any atom is 0.263 e. The Labute approximate surface area is 91.6 Å². The zero-order chi connectivity index (χ0) is 11.3. The maximum absolute atomic E-state index is 11.7. The minimum atomic E-state index is -0.968. The first kappa shape index (κ1) is 9.45. The van der Waals surface area contributed by atoms with Crippen molar-refractivity contribution in [2.45, 2.75) is 25.7 Å². The molecule has 0 aromatic heterocycles. The lowest BCUT2D eigenvalue weighted by molar-refractivity contribution is -0.130. The third-order valence-electron chi connectivity index (χ3n) is 3.29. The van der Waals surface area contributed by atoms with Gasteiger partial charge in [-0.1, -0.05) is 0 Å². The van der Waals surface area contributed by atoms with Crippen LogP contribution in [-0.4, -0.2) is 23.4 Å². The molecule has 1 saturated heterocycles. The van der Waals surface area contributed by atoms with E-state index in [1.54, 1.807) is 0 Å². The van der Waals surface area contributed by atoms with Crippen LogP contribution in [0.4, 0.5) is 0 Å². The minimum absolute atomic E-state index is 0.361. The Balaban J connectivity index is 2.18. The lowest BCUT2D eigenvalue weighted by Gasteiger charge is -2.23. The van der Waals surface area contributed by atoms with E-state index in [4.69, 9.17) is 0 Å². The second kappa shape index (κ2) is 3.10. The van der Waals surface area contributed by atoms with Crippen molar-refractivity contribution >= 4 is 23.4 Å². The number of rotatable bonds is 0. The minimum Gasteiger partial charge on any atom is -0.292 e. The molecule has 3 rings (SSSR count). The van der Waals surface area contributed by atoms with E-state index in [1.165, 1.54) is 0 Å². The molecule has 0 bridgehead atoms. The molecule has 0 aromatic rings. The van der Waals surface area contributed by atoms with Crippen molar-refractivity contribution in [2.24, 2.45) is 10.9 Å². The van der Waals surface area contributed by atoms with Gasteiger partial charge in [-0.25, -0.2) is 4.99 Å². The molecule has 1 N–H and O–H groups in total. The second-order valence-corrected chi connectivity index (χ2v) is 4.25. The Kier molecular flexibility index (Phi) is 1.83. The van der Waals surface area contributed by atoms with Gasteiger partial charge in [-0.15, -0.1) is 0 Å². The van der Waals surface area contributed by atoms with Crippen molar-refractivity contribution in [3.05, 3.63) is 11.1 Å². The van der Waals surface area contributed by atoms with Gasteiger partial charge in [0, 0.05) is 11.3 Å². The number of nitrogens with zero attached hydrogens (tertiary/aromatic N) is 1. The van der Waals surface area contributed by atoms with Crippen molar-refractivity contribution in [1.82, 2.24) is 5.32 Å². The Morgan fingerprint density at radius 1 is 1.12 bits per heavy atom. The molecule has 3 aliphatic rings. The zero-order valence-electron chi connectivity index (χ0n) is 8.58. The lowest BCUT2D eigenvalue weighted by atomic mass is 9.82. The van der Waals surface area contributed by atoms with Crippen LogP contribution in [0.3, 0.4) is 0 Å². The molecule has 1 aliphatic carbocycles. The molecule has 3 amide bonds. The lowest BCUT2D eigenvalue weighted by Crippen LogP contribution is -2.29. The molecule has 0 spiro atoms. The first-order chi connectivity index (χ1) is 7.68. The summed E-state index contributed by atoms with van der Waals surface area (Å²) >= 11 is 0. The Morgan fingerprint density at radius 3 is 2.69 bits per heavy atom. The van der Waals surface area contributed by atoms with Crippen molar-refractivity contribution in [3.8, 4) is 0 Å². The van der Waals surface area contributed by atoms with Gasteiger partial charge < -0.3 is 0 Å². The van der Waals surface area contributed by atoms with Crippen LogP contribution in [0.2, 0.25) is 0 Å². The first-order valence-electron chi connectivity index (χ1n) is 5.38. The van der Waals surface area contributed by atoms with Crippen LogP contribution >= 0.6 is 0 Å². The molecule has 2 fully saturated rings. The number of carbonyl (C=O) groups excluding carboxylic acids is 3. The summed E-state index contributed by atoms with van der Waals surface area (Å²) in [6.07, 6.45) is 3.46. The molecule has 2 heterocycles. The van der Waals surface area contributed by atoms with Crippen LogP contribution in [0.1, 0.15) is 25.7 Å². The smallest absolute Gasteiger partial charge is 0.263 e. The fraction of sp³-hybridized carbons (Fsp3) is 0.455. The summed E-state index contributed by atoms with van der Waals surface area (Å²) in [5, 5.41) is 2.19. The van der Waals surface area contributed by atoms with Crippen molar-refractivity contribution in [1.29, 1.82) is 0 Å². The Morgan fingerprint density at radius 2 is 1.88 bits per heavy atom. The van der Waals surface area contributed by atoms with Gasteiger partial charge in [0.05, 0.1) is 0 Å². The van der Waals surface area contributed by atoms with E-state index in [0.717, 1.165) is 31.3 Å². The summed E-state index contributed by atoms with van der Waals surface area (Å²) < 4.78 is 0. The topological polar surface area (TPSA) is 75.6 Å². The number of imide groups is 1. The van der Waals surface area contributed by atoms with Gasteiger partial charge in [-0.05, 0) is 31.3 Å². The number of allylic oxidation sites excluding steroid dienone is 1. The predicted octanol–water partition coefficient (Wildman–Crippen LogP) is 0.111. The normalized spacial score (nSPS) is 28.6. The van der Waals surface area contributed by atoms with Crippen LogP contribution in [0, 0.1) is 5.92 Å². The molecular weight excluding hydrogens is 208 g/mol. The number of carbonyl (C=O) groups is 3. The number of amides is 3. The Bertz CT molecular complexity index is 485. The second-order valence-electron chi connectivity index (χ2n) is 4.25. The third kappa shape index (κ3) is 1.11. The predicted molar refractivity (Wildman–Crippen MR) is 54.6 cm³/mol. The van der Waals surface area contributed by atoms with Crippen LogP contribution in [0.5, 0.6) is 0 Å². The average Bonchev–Trinajstić information content (AvgIpc) is 2.55. The van der Waals surface area contributed by atoms with Gasteiger partial charge in [0.1, 0.15) is 5.92 Å². The van der Waals surface area contributed by atoms with Gasteiger partial charge in [0.15, 0.2) is 0 Å². The molecule has 0 radical (unpaired) electrons. The van der Waals surface area contributed by atoms with Gasteiger partial charge in [-0.2, -0.15) is 0 Å². The molecule has 5 nitrogen and oxygen atoms in total. The quantitative estimate of drug-likeness (QED) is 0.463. The van der Waals surface area contributed by atoms with Gasteiger partial charge in [-0.3, -0.25) is 19.7 Å². The van der Waals surface area contributed by atoms with E-state index in [9.17, 15) is 14.4 Å². The molecule has 1 saturated carbocycles. The monoisotopic (exact) mass is 218 g/mol. The van der Waals surface area contributed by atoms with E-state index in [0.29, 0.717) is 11.3 Å². The summed E-state index contributed by atoms with van der Waals surface area (Å²) in [6, 6.07) is 0. The van der Waals surface area contributed by atoms with Crippen LogP contribution < -0.4 is 5.32 Å². The fourth-order valence-electron chi connectivity index (χ4n) is 2.56. The van der Waals surface area contributed by atoms with Crippen molar-refractivity contribution in [3.63, 3.8) is 0 Å². The van der Waals surface area contributed by atoms with Gasteiger partial charge >= 0.3 is 0 Å². The largest absolute Gasteiger partial charge is 0.292 e. The number of dihydropyridines is 1. The molecule has 82 valence electrons. The molecule has 1 unspecified atom stereocenters. The summed E-state index contributed by atoms with van der Waals surface area (Å²) in [6.45, 7) is 0. The first-order valence-corrected chi connectivity index (χ1v) is 5.38.